The Morgan fingerprint density at radius 2 is 2.03 bits per heavy atom. The molecule has 1 aliphatic carbocycles. The van der Waals surface area contributed by atoms with Crippen molar-refractivity contribution in [2.24, 2.45) is 5.92 Å². The molecule has 9 heteroatoms. The molecule has 176 valence electrons. The van der Waals surface area contributed by atoms with Crippen LogP contribution in [0.5, 0.6) is 11.5 Å². The van der Waals surface area contributed by atoms with Crippen LogP contribution in [0.25, 0.3) is 0 Å². The molecule has 0 saturated heterocycles. The lowest BCUT2D eigenvalue weighted by atomic mass is 9.88. The minimum atomic E-state index is -0.220. The van der Waals surface area contributed by atoms with Crippen molar-refractivity contribution in [2.45, 2.75) is 43.7 Å². The Balaban J connectivity index is 1.24. The summed E-state index contributed by atoms with van der Waals surface area (Å²) in [5.41, 5.74) is 1.07. The van der Waals surface area contributed by atoms with E-state index in [1.54, 1.807) is 36.5 Å². The van der Waals surface area contributed by atoms with Gasteiger partial charge in [0.2, 0.25) is 12.7 Å². The van der Waals surface area contributed by atoms with Crippen LogP contribution >= 0.6 is 11.8 Å². The number of hydrogen-bond acceptors (Lipinski definition) is 7. The first-order valence-electron chi connectivity index (χ1n) is 11.3. The predicted octanol–water partition coefficient (Wildman–Crippen LogP) is 3.87. The highest BCUT2D eigenvalue weighted by Crippen LogP contribution is 2.34. The fourth-order valence-corrected chi connectivity index (χ4v) is 4.78. The van der Waals surface area contributed by atoms with Gasteiger partial charge in [0.1, 0.15) is 5.03 Å². The third-order valence-corrected chi connectivity index (χ3v) is 6.77. The highest BCUT2D eigenvalue weighted by Gasteiger charge is 2.22. The second-order valence-electron chi connectivity index (χ2n) is 8.19. The number of rotatable bonds is 9. The Morgan fingerprint density at radius 3 is 2.91 bits per heavy atom. The zero-order chi connectivity index (χ0) is 23.0. The van der Waals surface area contributed by atoms with Gasteiger partial charge in [-0.15, -0.1) is 0 Å². The molecule has 0 spiro atoms. The van der Waals surface area contributed by atoms with Gasteiger partial charge in [-0.05, 0) is 43.0 Å². The maximum atomic E-state index is 12.7. The van der Waals surface area contributed by atoms with Crippen LogP contribution in [-0.4, -0.2) is 48.6 Å². The number of carbonyl (C=O) groups is 2. The van der Waals surface area contributed by atoms with E-state index < -0.39 is 0 Å². The summed E-state index contributed by atoms with van der Waals surface area (Å²) in [5.74, 6) is 1.53. The maximum Gasteiger partial charge on any atom is 0.254 e. The summed E-state index contributed by atoms with van der Waals surface area (Å²) in [7, 11) is 0. The summed E-state index contributed by atoms with van der Waals surface area (Å²) in [6.45, 7) is 3.33. The van der Waals surface area contributed by atoms with Crippen molar-refractivity contribution in [3.8, 4) is 11.5 Å². The van der Waals surface area contributed by atoms with E-state index in [4.69, 9.17) is 14.2 Å². The molecule has 2 unspecified atom stereocenters. The Bertz CT molecular complexity index is 986. The van der Waals surface area contributed by atoms with Gasteiger partial charge < -0.3 is 24.8 Å². The summed E-state index contributed by atoms with van der Waals surface area (Å²) in [6.07, 6.45) is 6.67. The second-order valence-corrected chi connectivity index (χ2v) is 9.15. The van der Waals surface area contributed by atoms with Crippen LogP contribution in [0.15, 0.2) is 41.6 Å². The quantitative estimate of drug-likeness (QED) is 0.423. The van der Waals surface area contributed by atoms with E-state index >= 15 is 0 Å². The number of thioether (sulfide) groups is 1. The maximum absolute atomic E-state index is 12.7. The lowest BCUT2D eigenvalue weighted by molar-refractivity contribution is -0.113. The lowest BCUT2D eigenvalue weighted by Crippen LogP contribution is -2.32. The van der Waals surface area contributed by atoms with Crippen LogP contribution in [-0.2, 0) is 9.53 Å². The molecule has 2 aromatic rings. The van der Waals surface area contributed by atoms with E-state index in [1.165, 1.54) is 31.0 Å². The normalized spacial score (nSPS) is 19.2. The summed E-state index contributed by atoms with van der Waals surface area (Å²) in [6, 6.07) is 8.66. The number of amides is 2. The number of ether oxygens (including phenoxy) is 3. The van der Waals surface area contributed by atoms with Gasteiger partial charge in [0.05, 0.1) is 24.0 Å². The van der Waals surface area contributed by atoms with Crippen molar-refractivity contribution >= 4 is 29.3 Å². The first-order valence-corrected chi connectivity index (χ1v) is 12.3. The van der Waals surface area contributed by atoms with Gasteiger partial charge in [-0.2, -0.15) is 0 Å². The molecular weight excluding hydrogens is 442 g/mol. The summed E-state index contributed by atoms with van der Waals surface area (Å²) >= 11 is 1.22. The number of benzene rings is 1. The summed E-state index contributed by atoms with van der Waals surface area (Å²) in [5, 5.41) is 6.24. The van der Waals surface area contributed by atoms with Gasteiger partial charge >= 0.3 is 0 Å². The highest BCUT2D eigenvalue weighted by atomic mass is 32.2. The second kappa shape index (κ2) is 11.4. The number of hydrogen-bond donors (Lipinski definition) is 2. The molecule has 0 bridgehead atoms. The molecule has 1 saturated carbocycles. The molecule has 4 rings (SSSR count). The number of fused-ring (bicyclic) bond motifs is 1. The number of anilines is 1. The van der Waals surface area contributed by atoms with E-state index in [9.17, 15) is 9.59 Å². The Kier molecular flexibility index (Phi) is 8.06. The molecule has 2 N–H and O–H groups in total. The summed E-state index contributed by atoms with van der Waals surface area (Å²) < 4.78 is 16.6. The van der Waals surface area contributed by atoms with E-state index in [2.05, 4.69) is 22.5 Å². The van der Waals surface area contributed by atoms with Crippen LogP contribution in [0.4, 0.5) is 5.69 Å². The number of aromatic nitrogens is 1. The Morgan fingerprint density at radius 1 is 1.18 bits per heavy atom. The predicted molar refractivity (Wildman–Crippen MR) is 126 cm³/mol. The van der Waals surface area contributed by atoms with Gasteiger partial charge in [0, 0.05) is 24.5 Å². The average molecular weight is 472 g/mol. The van der Waals surface area contributed by atoms with Crippen LogP contribution in [0, 0.1) is 5.92 Å². The average Bonchev–Trinajstić information content (AvgIpc) is 3.29. The number of carbonyl (C=O) groups excluding carboxylic acids is 2. The van der Waals surface area contributed by atoms with E-state index in [-0.39, 0.29) is 30.5 Å². The van der Waals surface area contributed by atoms with Gasteiger partial charge in [0.25, 0.3) is 5.91 Å². The molecule has 0 radical (unpaired) electrons. The molecule has 8 nitrogen and oxygen atoms in total. The molecule has 2 atom stereocenters. The minimum Gasteiger partial charge on any atom is -0.454 e. The van der Waals surface area contributed by atoms with E-state index in [0.29, 0.717) is 46.8 Å². The molecular formula is C24H29N3O5S. The zero-order valence-corrected chi connectivity index (χ0v) is 19.5. The van der Waals surface area contributed by atoms with Crippen LogP contribution in [0.1, 0.15) is 43.0 Å². The molecule has 2 heterocycles. The van der Waals surface area contributed by atoms with Crippen molar-refractivity contribution < 1.29 is 23.8 Å². The highest BCUT2D eigenvalue weighted by molar-refractivity contribution is 8.00. The van der Waals surface area contributed by atoms with Gasteiger partial charge in [0.15, 0.2) is 11.5 Å². The molecule has 1 aromatic carbocycles. The summed E-state index contributed by atoms with van der Waals surface area (Å²) in [4.78, 5) is 29.4. The zero-order valence-electron chi connectivity index (χ0n) is 18.7. The smallest absolute Gasteiger partial charge is 0.254 e. The van der Waals surface area contributed by atoms with Crippen LogP contribution in [0.3, 0.4) is 0 Å². The fraction of sp³-hybridized carbons (Fsp3) is 0.458. The third kappa shape index (κ3) is 6.39. The van der Waals surface area contributed by atoms with Gasteiger partial charge in [-0.25, -0.2) is 4.98 Å². The SMILES string of the molecule is CC1CCCCC1OCCNC(=O)c1cccnc1SCC(=O)Nc1ccc2c(c1)OCO2. The molecule has 1 aromatic heterocycles. The first kappa shape index (κ1) is 23.4. The topological polar surface area (TPSA) is 98.8 Å². The fourth-order valence-electron chi connectivity index (χ4n) is 3.98. The monoisotopic (exact) mass is 471 g/mol. The van der Waals surface area contributed by atoms with E-state index in [0.717, 1.165) is 6.42 Å². The van der Waals surface area contributed by atoms with Crippen molar-refractivity contribution in [3.63, 3.8) is 0 Å². The Hall–Kier alpha value is -2.78. The van der Waals surface area contributed by atoms with E-state index in [1.807, 2.05) is 0 Å². The third-order valence-electron chi connectivity index (χ3n) is 5.76. The molecule has 33 heavy (non-hydrogen) atoms. The molecule has 1 fully saturated rings. The lowest BCUT2D eigenvalue weighted by Gasteiger charge is -2.28. The minimum absolute atomic E-state index is 0.119. The van der Waals surface area contributed by atoms with Crippen molar-refractivity contribution in [3.05, 3.63) is 42.1 Å². The van der Waals surface area contributed by atoms with Gasteiger partial charge in [-0.3, -0.25) is 9.59 Å². The van der Waals surface area contributed by atoms with Crippen LogP contribution < -0.4 is 20.1 Å². The standard InChI is InChI=1S/C24H29N3O5S/c1-16-5-2-3-7-19(16)30-12-11-25-23(29)18-6-4-10-26-24(18)33-14-22(28)27-17-8-9-20-21(13-17)32-15-31-20/h4,6,8-10,13,16,19H,2-3,5,7,11-12,14-15H2,1H3,(H,25,29)(H,27,28). The largest absolute Gasteiger partial charge is 0.454 e. The number of pyridine rings is 1. The first-order chi connectivity index (χ1) is 16.1. The molecule has 1 aliphatic heterocycles. The van der Waals surface area contributed by atoms with Crippen molar-refractivity contribution in [1.29, 1.82) is 0 Å². The Labute approximate surface area is 197 Å². The molecule has 2 aliphatic rings. The van der Waals surface area contributed by atoms with Crippen LogP contribution in [0.2, 0.25) is 0 Å². The molecule has 2 amide bonds. The van der Waals surface area contributed by atoms with Gasteiger partial charge in [-0.1, -0.05) is 31.5 Å². The van der Waals surface area contributed by atoms with Crippen molar-refractivity contribution in [1.82, 2.24) is 10.3 Å². The van der Waals surface area contributed by atoms with Crippen molar-refractivity contribution in [2.75, 3.05) is 31.0 Å². The number of nitrogens with one attached hydrogen (secondary N) is 2. The number of nitrogens with zero attached hydrogens (tertiary/aromatic N) is 1.